The number of hydrogen-bond acceptors (Lipinski definition) is 2. The molecule has 0 bridgehead atoms. The summed E-state index contributed by atoms with van der Waals surface area (Å²) in [6, 6.07) is 9.85. The van der Waals surface area contributed by atoms with Gasteiger partial charge in [-0.05, 0) is 46.0 Å². The van der Waals surface area contributed by atoms with Crippen molar-refractivity contribution in [1.82, 2.24) is 10.2 Å². The van der Waals surface area contributed by atoms with Gasteiger partial charge in [0.05, 0.1) is 0 Å². The minimum absolute atomic E-state index is 0.410. The van der Waals surface area contributed by atoms with Crippen LogP contribution in [0.3, 0.4) is 0 Å². The molecule has 0 aliphatic carbocycles. The molecule has 1 aromatic carbocycles. The topological polar surface area (TPSA) is 15.3 Å². The van der Waals surface area contributed by atoms with E-state index in [2.05, 4.69) is 69.2 Å². The summed E-state index contributed by atoms with van der Waals surface area (Å²) in [6.45, 7) is 11.1. The van der Waals surface area contributed by atoms with Crippen molar-refractivity contribution in [3.05, 3.63) is 35.4 Å². The molecule has 2 atom stereocenters. The number of rotatable bonds is 8. The highest BCUT2D eigenvalue weighted by atomic mass is 15.2. The molecule has 0 saturated heterocycles. The van der Waals surface area contributed by atoms with Crippen molar-refractivity contribution in [2.75, 3.05) is 20.1 Å². The Morgan fingerprint density at radius 1 is 1.16 bits per heavy atom. The zero-order valence-corrected chi connectivity index (χ0v) is 13.2. The largest absolute Gasteiger partial charge is 0.309 e. The molecular weight excluding hydrogens is 232 g/mol. The van der Waals surface area contributed by atoms with Gasteiger partial charge < -0.3 is 10.2 Å². The van der Waals surface area contributed by atoms with Gasteiger partial charge in [-0.25, -0.2) is 0 Å². The Morgan fingerprint density at radius 3 is 2.32 bits per heavy atom. The maximum absolute atomic E-state index is 3.63. The van der Waals surface area contributed by atoms with E-state index < -0.39 is 0 Å². The van der Waals surface area contributed by atoms with Crippen LogP contribution in [0.2, 0.25) is 0 Å². The van der Waals surface area contributed by atoms with Crippen molar-refractivity contribution < 1.29 is 0 Å². The predicted octanol–water partition coefficient (Wildman–Crippen LogP) is 3.77. The molecule has 1 N–H and O–H groups in total. The molecule has 0 fully saturated rings. The average Bonchev–Trinajstić information content (AvgIpc) is 2.42. The van der Waals surface area contributed by atoms with Gasteiger partial charge in [-0.3, -0.25) is 0 Å². The second-order valence-electron chi connectivity index (χ2n) is 5.52. The Kier molecular flexibility index (Phi) is 7.11. The molecule has 0 aromatic heterocycles. The molecular formula is C17H30N2. The molecule has 0 heterocycles. The second-order valence-corrected chi connectivity index (χ2v) is 5.52. The van der Waals surface area contributed by atoms with Crippen molar-refractivity contribution in [1.29, 1.82) is 0 Å². The molecule has 0 aliphatic heterocycles. The van der Waals surface area contributed by atoms with E-state index in [9.17, 15) is 0 Å². The summed E-state index contributed by atoms with van der Waals surface area (Å²) in [5, 5.41) is 3.63. The third-order valence-electron chi connectivity index (χ3n) is 3.90. The van der Waals surface area contributed by atoms with Crippen LogP contribution in [0.1, 0.15) is 50.8 Å². The number of aryl methyl sites for hydroxylation is 1. The number of hydrogen-bond donors (Lipinski definition) is 1. The zero-order chi connectivity index (χ0) is 14.3. The Hall–Kier alpha value is -0.860. The minimum atomic E-state index is 0.410. The second kappa shape index (κ2) is 8.34. The standard InChI is InChI=1S/C17H30N2/c1-6-8-13-19(5)15(4)17(18-7-2)16-11-9-14(3)10-12-16/h9-12,15,17-18H,6-8,13H2,1-5H3. The van der Waals surface area contributed by atoms with Crippen LogP contribution < -0.4 is 5.32 Å². The van der Waals surface area contributed by atoms with Crippen molar-refractivity contribution in [2.24, 2.45) is 0 Å². The van der Waals surface area contributed by atoms with Gasteiger partial charge >= 0.3 is 0 Å². The van der Waals surface area contributed by atoms with E-state index in [1.165, 1.54) is 30.5 Å². The first-order valence-electron chi connectivity index (χ1n) is 7.60. The molecule has 0 saturated carbocycles. The number of unbranched alkanes of at least 4 members (excludes halogenated alkanes) is 1. The van der Waals surface area contributed by atoms with E-state index in [0.29, 0.717) is 12.1 Å². The Morgan fingerprint density at radius 2 is 1.79 bits per heavy atom. The Balaban J connectivity index is 2.78. The minimum Gasteiger partial charge on any atom is -0.309 e. The van der Waals surface area contributed by atoms with Gasteiger partial charge in [0.15, 0.2) is 0 Å². The van der Waals surface area contributed by atoms with Crippen molar-refractivity contribution in [3.63, 3.8) is 0 Å². The van der Waals surface area contributed by atoms with Crippen molar-refractivity contribution in [2.45, 2.75) is 52.6 Å². The quantitative estimate of drug-likeness (QED) is 0.767. The molecule has 2 heteroatoms. The first-order chi connectivity index (χ1) is 9.10. The molecule has 2 nitrogen and oxygen atoms in total. The Bertz CT molecular complexity index is 345. The van der Waals surface area contributed by atoms with Gasteiger partial charge in [-0.15, -0.1) is 0 Å². The monoisotopic (exact) mass is 262 g/mol. The van der Waals surface area contributed by atoms with Crippen LogP contribution in [0.15, 0.2) is 24.3 Å². The Labute approximate surface area is 119 Å². The third kappa shape index (κ3) is 4.96. The van der Waals surface area contributed by atoms with Crippen LogP contribution in [-0.4, -0.2) is 31.1 Å². The van der Waals surface area contributed by atoms with Gasteiger partial charge in [-0.1, -0.05) is 50.1 Å². The van der Waals surface area contributed by atoms with Gasteiger partial charge in [0.25, 0.3) is 0 Å². The first kappa shape index (κ1) is 16.2. The smallest absolute Gasteiger partial charge is 0.0475 e. The lowest BCUT2D eigenvalue weighted by molar-refractivity contribution is 0.205. The van der Waals surface area contributed by atoms with Gasteiger partial charge in [-0.2, -0.15) is 0 Å². The van der Waals surface area contributed by atoms with Crippen LogP contribution in [0, 0.1) is 6.92 Å². The van der Waals surface area contributed by atoms with E-state index >= 15 is 0 Å². The van der Waals surface area contributed by atoms with Crippen LogP contribution in [0.4, 0.5) is 0 Å². The van der Waals surface area contributed by atoms with Crippen molar-refractivity contribution in [3.8, 4) is 0 Å². The molecule has 1 rings (SSSR count). The molecule has 19 heavy (non-hydrogen) atoms. The number of likely N-dealkylation sites (N-methyl/N-ethyl adjacent to an activating group) is 2. The highest BCUT2D eigenvalue weighted by Gasteiger charge is 2.21. The fourth-order valence-electron chi connectivity index (χ4n) is 2.43. The molecule has 1 aromatic rings. The molecule has 0 spiro atoms. The number of benzene rings is 1. The van der Waals surface area contributed by atoms with Crippen LogP contribution in [0.25, 0.3) is 0 Å². The summed E-state index contributed by atoms with van der Waals surface area (Å²) >= 11 is 0. The summed E-state index contributed by atoms with van der Waals surface area (Å²) in [7, 11) is 2.23. The lowest BCUT2D eigenvalue weighted by Gasteiger charge is -2.33. The molecule has 0 amide bonds. The fourth-order valence-corrected chi connectivity index (χ4v) is 2.43. The van der Waals surface area contributed by atoms with Crippen LogP contribution >= 0.6 is 0 Å². The van der Waals surface area contributed by atoms with E-state index in [4.69, 9.17) is 0 Å². The van der Waals surface area contributed by atoms with Crippen LogP contribution in [0.5, 0.6) is 0 Å². The van der Waals surface area contributed by atoms with E-state index in [1.807, 2.05) is 0 Å². The molecule has 0 radical (unpaired) electrons. The number of nitrogens with zero attached hydrogens (tertiary/aromatic N) is 1. The summed E-state index contributed by atoms with van der Waals surface area (Å²) in [5.74, 6) is 0. The van der Waals surface area contributed by atoms with E-state index in [0.717, 1.165) is 6.54 Å². The normalized spacial score (nSPS) is 14.6. The fraction of sp³-hybridized carbons (Fsp3) is 0.647. The molecule has 0 aliphatic rings. The summed E-state index contributed by atoms with van der Waals surface area (Å²) in [4.78, 5) is 2.47. The predicted molar refractivity (Wildman–Crippen MR) is 84.6 cm³/mol. The van der Waals surface area contributed by atoms with Gasteiger partial charge in [0, 0.05) is 12.1 Å². The molecule has 108 valence electrons. The maximum Gasteiger partial charge on any atom is 0.0475 e. The maximum atomic E-state index is 3.63. The SMILES string of the molecule is CCCCN(C)C(C)C(NCC)c1ccc(C)cc1. The number of nitrogens with one attached hydrogen (secondary N) is 1. The average molecular weight is 262 g/mol. The van der Waals surface area contributed by atoms with Gasteiger partial charge in [0.1, 0.15) is 0 Å². The molecule has 2 unspecified atom stereocenters. The van der Waals surface area contributed by atoms with Crippen LogP contribution in [-0.2, 0) is 0 Å². The van der Waals surface area contributed by atoms with E-state index in [-0.39, 0.29) is 0 Å². The highest BCUT2D eigenvalue weighted by molar-refractivity contribution is 5.25. The highest BCUT2D eigenvalue weighted by Crippen LogP contribution is 2.21. The van der Waals surface area contributed by atoms with Crippen molar-refractivity contribution >= 4 is 0 Å². The zero-order valence-electron chi connectivity index (χ0n) is 13.2. The van der Waals surface area contributed by atoms with E-state index in [1.54, 1.807) is 0 Å². The lowest BCUT2D eigenvalue weighted by Crippen LogP contribution is -2.41. The summed E-state index contributed by atoms with van der Waals surface area (Å²) in [5.41, 5.74) is 2.72. The first-order valence-corrected chi connectivity index (χ1v) is 7.60. The lowest BCUT2D eigenvalue weighted by atomic mass is 9.98. The third-order valence-corrected chi connectivity index (χ3v) is 3.90. The summed E-state index contributed by atoms with van der Waals surface area (Å²) < 4.78 is 0. The van der Waals surface area contributed by atoms with Gasteiger partial charge in [0.2, 0.25) is 0 Å². The summed E-state index contributed by atoms with van der Waals surface area (Å²) in [6.07, 6.45) is 2.53.